The van der Waals surface area contributed by atoms with Gasteiger partial charge >= 0.3 is 229 Å². The van der Waals surface area contributed by atoms with Crippen molar-refractivity contribution in [3.05, 3.63) is 141 Å². The van der Waals surface area contributed by atoms with Gasteiger partial charge in [0.25, 0.3) is 0 Å². The Balaban J connectivity index is 0.00000194. The molecule has 0 N–H and O–H groups in total. The van der Waals surface area contributed by atoms with E-state index in [1.54, 1.807) is 60.7 Å². The molecule has 0 nitrogen and oxygen atoms in total. The first-order valence-electron chi connectivity index (χ1n) is 11.7. The average molecular weight is 776 g/mol. The number of hydrogen-bond acceptors (Lipinski definition) is 0. The maximum Gasteiger partial charge on any atom is -1.00 e. The zero-order valence-electron chi connectivity index (χ0n) is 20.4. The van der Waals surface area contributed by atoms with Gasteiger partial charge in [-0.25, -0.2) is 0 Å². The van der Waals surface area contributed by atoms with Crippen molar-refractivity contribution in [1.82, 2.24) is 0 Å². The zero-order chi connectivity index (χ0) is 27.6. The second-order valence-corrected chi connectivity index (χ2v) is 14.5. The molecule has 4 aromatic rings. The van der Waals surface area contributed by atoms with Gasteiger partial charge in [0.15, 0.2) is 0 Å². The number of benzene rings is 4. The van der Waals surface area contributed by atoms with Gasteiger partial charge in [0.2, 0.25) is 0 Å². The molecule has 0 aromatic heterocycles. The molecule has 0 radical (unpaired) electrons. The largest absolute Gasteiger partial charge is 1.00 e. The van der Waals surface area contributed by atoms with Crippen molar-refractivity contribution in [2.24, 2.45) is 0 Å². The summed E-state index contributed by atoms with van der Waals surface area (Å²) < 4.78 is 113. The summed E-state index contributed by atoms with van der Waals surface area (Å²) in [5.41, 5.74) is 2.49. The minimum atomic E-state index is -2.38. The molecule has 0 spiro atoms. The van der Waals surface area contributed by atoms with Gasteiger partial charge in [-0.3, -0.25) is 0 Å². The first-order valence-corrected chi connectivity index (χ1v) is 15.9. The van der Waals surface area contributed by atoms with Crippen LogP contribution in [0.25, 0.3) is 23.3 Å². The van der Waals surface area contributed by atoms with E-state index in [4.69, 9.17) is 0 Å². The zero-order valence-corrected chi connectivity index (χ0v) is 25.5. The Kier molecular flexibility index (Phi) is 9.02. The normalized spacial score (nSPS) is 16.6. The van der Waals surface area contributed by atoms with Crippen molar-refractivity contribution >= 4 is 23.3 Å². The second-order valence-electron chi connectivity index (χ2n) is 9.19. The second kappa shape index (κ2) is 11.9. The Bertz CT molecular complexity index is 1620. The summed E-state index contributed by atoms with van der Waals surface area (Å²) in [4.78, 5) is 0. The van der Waals surface area contributed by atoms with Crippen molar-refractivity contribution in [1.29, 1.82) is 0 Å². The van der Waals surface area contributed by atoms with E-state index in [9.17, 15) is 35.1 Å². The number of halogens is 10. The van der Waals surface area contributed by atoms with Gasteiger partial charge in [0, 0.05) is 0 Å². The Morgan fingerprint density at radius 1 is 0.463 bits per heavy atom. The van der Waals surface area contributed by atoms with E-state index in [0.29, 0.717) is 23.3 Å². The molecule has 0 saturated carbocycles. The molecule has 0 aliphatic heterocycles. The smallest absolute Gasteiger partial charge is 1.00 e. The van der Waals surface area contributed by atoms with Gasteiger partial charge < -0.3 is 24.8 Å². The van der Waals surface area contributed by atoms with E-state index in [-0.39, 0.29) is 36.0 Å². The van der Waals surface area contributed by atoms with Gasteiger partial charge in [0.05, 0.1) is 0 Å². The Labute approximate surface area is 253 Å². The molecular formula is C30H14Cl2F8Hf. The van der Waals surface area contributed by atoms with E-state index in [1.165, 1.54) is 0 Å². The van der Waals surface area contributed by atoms with Crippen LogP contribution in [-0.2, 0) is 22.9 Å². The molecule has 0 amide bonds. The molecular weight excluding hydrogens is 762 g/mol. The van der Waals surface area contributed by atoms with Crippen LogP contribution >= 0.6 is 0 Å². The SMILES string of the molecule is Fc1cc(C2=Cc3ccccc3[CH]2[Hf+2][CH]2C(c3cc(F)c(F)c(F)c3F)=Cc3ccccc32)c(F)c(F)c1F.[Cl-].[Cl-]. The fraction of sp³-hybridized carbons (Fsp3) is 0.0667. The first-order chi connectivity index (χ1) is 18.7. The predicted octanol–water partition coefficient (Wildman–Crippen LogP) is 2.78. The fourth-order valence-electron chi connectivity index (χ4n) is 5.21. The van der Waals surface area contributed by atoms with Crippen molar-refractivity contribution < 1.29 is 82.8 Å². The van der Waals surface area contributed by atoms with Crippen LogP contribution in [0.2, 0.25) is 0 Å². The summed E-state index contributed by atoms with van der Waals surface area (Å²) >= 11 is -2.38. The van der Waals surface area contributed by atoms with E-state index in [0.717, 1.165) is 11.1 Å². The third-order valence-electron chi connectivity index (χ3n) is 7.02. The molecule has 2 aliphatic carbocycles. The van der Waals surface area contributed by atoms with Crippen LogP contribution in [0, 0.1) is 46.5 Å². The Morgan fingerprint density at radius 3 is 1.22 bits per heavy atom. The standard InChI is InChI=1S/2C15H7F4.2ClH.Hf/c2*16-12-7-11(13(17)15(19)14(12)18)10-5-8-3-1-2-4-9(8)6-10;;;/h2*1-7H;2*1H;/q;;;;+2/p-2. The monoisotopic (exact) mass is 776 g/mol. The van der Waals surface area contributed by atoms with Crippen molar-refractivity contribution in [2.45, 2.75) is 7.35 Å². The molecule has 208 valence electrons. The van der Waals surface area contributed by atoms with Crippen molar-refractivity contribution in [2.75, 3.05) is 0 Å². The summed E-state index contributed by atoms with van der Waals surface area (Å²) in [7, 11) is 0. The van der Waals surface area contributed by atoms with Gasteiger partial charge in [-0.15, -0.1) is 0 Å². The van der Waals surface area contributed by atoms with Gasteiger partial charge in [0.1, 0.15) is 0 Å². The van der Waals surface area contributed by atoms with E-state index >= 15 is 0 Å². The average Bonchev–Trinajstić information content (AvgIpc) is 3.49. The molecule has 2 aliphatic rings. The summed E-state index contributed by atoms with van der Waals surface area (Å²) in [6.45, 7) is 0. The van der Waals surface area contributed by atoms with E-state index in [1.807, 2.05) is 0 Å². The van der Waals surface area contributed by atoms with E-state index in [2.05, 4.69) is 0 Å². The minimum absolute atomic E-state index is 0. The van der Waals surface area contributed by atoms with Gasteiger partial charge in [-0.05, 0) is 0 Å². The van der Waals surface area contributed by atoms with E-state index < -0.39 is 87.9 Å². The van der Waals surface area contributed by atoms with Crippen molar-refractivity contribution in [3.8, 4) is 0 Å². The molecule has 0 saturated heterocycles. The number of hydrogen-bond donors (Lipinski definition) is 0. The van der Waals surface area contributed by atoms with Crippen LogP contribution in [0.3, 0.4) is 0 Å². The van der Waals surface area contributed by atoms with Crippen LogP contribution in [0.4, 0.5) is 35.1 Å². The molecule has 0 fully saturated rings. The van der Waals surface area contributed by atoms with Gasteiger partial charge in [-0.1, -0.05) is 0 Å². The molecule has 6 rings (SSSR count). The third-order valence-corrected chi connectivity index (χ3v) is 13.9. The number of fused-ring (bicyclic) bond motifs is 2. The van der Waals surface area contributed by atoms with Crippen molar-refractivity contribution in [3.63, 3.8) is 0 Å². The summed E-state index contributed by atoms with van der Waals surface area (Å²) in [6.07, 6.45) is 3.18. The molecule has 2 atom stereocenters. The van der Waals surface area contributed by atoms with Crippen LogP contribution in [0.15, 0.2) is 60.7 Å². The van der Waals surface area contributed by atoms with Crippen LogP contribution in [-0.4, -0.2) is 0 Å². The topological polar surface area (TPSA) is 0 Å². The molecule has 2 unspecified atom stereocenters. The fourth-order valence-corrected chi connectivity index (χ4v) is 12.6. The predicted molar refractivity (Wildman–Crippen MR) is 127 cm³/mol. The quantitative estimate of drug-likeness (QED) is 0.130. The third kappa shape index (κ3) is 5.10. The molecule has 41 heavy (non-hydrogen) atoms. The Morgan fingerprint density at radius 2 is 0.829 bits per heavy atom. The van der Waals surface area contributed by atoms with Crippen LogP contribution in [0.5, 0.6) is 0 Å². The molecule has 11 heteroatoms. The van der Waals surface area contributed by atoms with Crippen LogP contribution in [0.1, 0.15) is 40.7 Å². The minimum Gasteiger partial charge on any atom is -1.00 e. The van der Waals surface area contributed by atoms with Gasteiger partial charge in [-0.2, -0.15) is 0 Å². The number of rotatable bonds is 4. The first kappa shape index (κ1) is 31.2. The molecule has 4 aromatic carbocycles. The van der Waals surface area contributed by atoms with Crippen LogP contribution < -0.4 is 24.8 Å². The number of allylic oxidation sites excluding steroid dienone is 2. The maximum absolute atomic E-state index is 15.0. The molecule has 0 heterocycles. The summed E-state index contributed by atoms with van der Waals surface area (Å²) in [5, 5.41) is 0. The summed E-state index contributed by atoms with van der Waals surface area (Å²) in [5.74, 6) is -13.8. The maximum atomic E-state index is 15.0. The molecule has 0 bridgehead atoms. The Hall–Kier alpha value is -2.75. The summed E-state index contributed by atoms with van der Waals surface area (Å²) in [6, 6.07) is 15.3.